The third-order valence-electron chi connectivity index (χ3n) is 5.78. The Morgan fingerprint density at radius 3 is 2.16 bits per heavy atom. The van der Waals surface area contributed by atoms with Crippen molar-refractivity contribution in [3.05, 3.63) is 78.6 Å². The number of rotatable bonds is 10. The van der Waals surface area contributed by atoms with Crippen molar-refractivity contribution in [1.82, 2.24) is 15.0 Å². The normalized spacial score (nSPS) is 12.2. The van der Waals surface area contributed by atoms with Gasteiger partial charge in [0.1, 0.15) is 23.0 Å². The van der Waals surface area contributed by atoms with Crippen LogP contribution in [0.3, 0.4) is 0 Å². The van der Waals surface area contributed by atoms with Gasteiger partial charge < -0.3 is 31.6 Å². The van der Waals surface area contributed by atoms with Gasteiger partial charge >= 0.3 is 18.3 Å². The van der Waals surface area contributed by atoms with Crippen LogP contribution in [0.15, 0.2) is 72.9 Å². The maximum atomic E-state index is 12.9. The maximum Gasteiger partial charge on any atom is 0.490 e. The number of hydrogen-bond donors (Lipinski definition) is 4. The standard InChI is InChI=1S/C28H23F6N7O4/c29-27(30,31)22-13-19(10-12-37-22)44-18-7-5-16(6-8-18)38-23-14-20(40-26(36)41-23)15-1-3-17(4-2-15)39-24(42)21(9-11-35)45-25(43)28(32,33)34/h1-8,10,12-14,21H,9,11,35H2,(H,39,42)(H3,36,38,40,41). The molecule has 4 rings (SSSR count). The highest BCUT2D eigenvalue weighted by Crippen LogP contribution is 2.32. The van der Waals surface area contributed by atoms with Crippen molar-refractivity contribution in [2.45, 2.75) is 24.9 Å². The Hall–Kier alpha value is -5.45. The van der Waals surface area contributed by atoms with Crippen molar-refractivity contribution in [3.8, 4) is 22.8 Å². The molecule has 4 aromatic rings. The quantitative estimate of drug-likeness (QED) is 0.130. The number of carbonyl (C=O) groups is 2. The molecule has 11 nitrogen and oxygen atoms in total. The molecule has 1 amide bonds. The van der Waals surface area contributed by atoms with Crippen LogP contribution in [0.1, 0.15) is 12.1 Å². The Labute approximate surface area is 250 Å². The molecule has 0 radical (unpaired) electrons. The molecule has 0 saturated carbocycles. The number of hydrogen-bond acceptors (Lipinski definition) is 10. The molecular weight excluding hydrogens is 612 g/mol. The monoisotopic (exact) mass is 635 g/mol. The number of benzene rings is 2. The van der Waals surface area contributed by atoms with Crippen LogP contribution in [0.25, 0.3) is 11.3 Å². The fourth-order valence-electron chi connectivity index (χ4n) is 3.74. The number of aromatic nitrogens is 3. The van der Waals surface area contributed by atoms with Gasteiger partial charge in [-0.3, -0.25) is 9.78 Å². The summed E-state index contributed by atoms with van der Waals surface area (Å²) in [5.41, 5.74) is 11.8. The second-order valence-electron chi connectivity index (χ2n) is 9.16. The van der Waals surface area contributed by atoms with E-state index in [0.29, 0.717) is 22.8 Å². The average molecular weight is 636 g/mol. The fraction of sp³-hybridized carbons (Fsp3) is 0.179. The second-order valence-corrected chi connectivity index (χ2v) is 9.16. The number of alkyl halides is 6. The van der Waals surface area contributed by atoms with Crippen LogP contribution in [-0.4, -0.2) is 45.7 Å². The Morgan fingerprint density at radius 2 is 1.53 bits per heavy atom. The zero-order valence-electron chi connectivity index (χ0n) is 22.8. The zero-order valence-corrected chi connectivity index (χ0v) is 22.8. The third-order valence-corrected chi connectivity index (χ3v) is 5.78. The number of ether oxygens (including phenoxy) is 2. The van der Waals surface area contributed by atoms with E-state index in [0.717, 1.165) is 12.3 Å². The number of nitrogens with one attached hydrogen (secondary N) is 2. The molecule has 0 fully saturated rings. The number of anilines is 4. The van der Waals surface area contributed by atoms with Gasteiger partial charge in [-0.05, 0) is 49.0 Å². The minimum absolute atomic E-state index is 0.0444. The SMILES string of the molecule is NCCC(OC(=O)C(F)(F)F)C(=O)Nc1ccc(-c2cc(Nc3ccc(Oc4ccnc(C(F)(F)F)c4)cc3)nc(N)n2)cc1. The predicted octanol–water partition coefficient (Wildman–Crippen LogP) is 5.44. The van der Waals surface area contributed by atoms with Gasteiger partial charge in [0.25, 0.3) is 5.91 Å². The van der Waals surface area contributed by atoms with Crippen LogP contribution in [0.5, 0.6) is 11.5 Å². The molecule has 2 heterocycles. The van der Waals surface area contributed by atoms with Crippen molar-refractivity contribution in [3.63, 3.8) is 0 Å². The van der Waals surface area contributed by atoms with Gasteiger partial charge in [0, 0.05) is 41.7 Å². The lowest BCUT2D eigenvalue weighted by Crippen LogP contribution is -2.38. The molecular formula is C28H23F6N7O4. The van der Waals surface area contributed by atoms with E-state index in [1.54, 1.807) is 30.3 Å². The maximum absolute atomic E-state index is 12.9. The van der Waals surface area contributed by atoms with Crippen LogP contribution in [0.2, 0.25) is 0 Å². The van der Waals surface area contributed by atoms with Crippen molar-refractivity contribution >= 4 is 35.0 Å². The zero-order chi connectivity index (χ0) is 32.8. The van der Waals surface area contributed by atoms with Crippen LogP contribution < -0.4 is 26.8 Å². The van der Waals surface area contributed by atoms with Crippen LogP contribution in [0.4, 0.5) is 49.5 Å². The lowest BCUT2D eigenvalue weighted by atomic mass is 10.1. The van der Waals surface area contributed by atoms with Gasteiger partial charge in [-0.15, -0.1) is 0 Å². The summed E-state index contributed by atoms with van der Waals surface area (Å²) < 4.78 is 86.1. The fourth-order valence-corrected chi connectivity index (χ4v) is 3.74. The number of nitrogens with two attached hydrogens (primary N) is 2. The topological polar surface area (TPSA) is 167 Å². The van der Waals surface area contributed by atoms with Crippen LogP contribution in [0, 0.1) is 0 Å². The van der Waals surface area contributed by atoms with Crippen molar-refractivity contribution < 1.29 is 45.4 Å². The second kappa shape index (κ2) is 13.5. The lowest BCUT2D eigenvalue weighted by Gasteiger charge is -2.18. The predicted molar refractivity (Wildman–Crippen MR) is 149 cm³/mol. The van der Waals surface area contributed by atoms with E-state index < -0.39 is 36.0 Å². The van der Waals surface area contributed by atoms with E-state index in [9.17, 15) is 35.9 Å². The van der Waals surface area contributed by atoms with Gasteiger partial charge in [0.05, 0.1) is 5.69 Å². The Balaban J connectivity index is 1.41. The van der Waals surface area contributed by atoms with E-state index >= 15 is 0 Å². The Morgan fingerprint density at radius 1 is 0.867 bits per heavy atom. The Bertz CT molecular complexity index is 1650. The first-order valence-electron chi connectivity index (χ1n) is 12.8. The molecule has 0 spiro atoms. The molecule has 1 unspecified atom stereocenters. The molecule has 0 aliphatic heterocycles. The van der Waals surface area contributed by atoms with E-state index in [2.05, 4.69) is 30.3 Å². The summed E-state index contributed by atoms with van der Waals surface area (Å²) in [5.74, 6) is -3.06. The number of nitrogen functional groups attached to an aromatic ring is 1. The first kappa shape index (κ1) is 32.5. The van der Waals surface area contributed by atoms with Gasteiger partial charge in [-0.2, -0.15) is 31.3 Å². The third kappa shape index (κ3) is 9.02. The highest BCUT2D eigenvalue weighted by molar-refractivity contribution is 5.95. The van der Waals surface area contributed by atoms with E-state index in [1.165, 1.54) is 30.3 Å². The minimum Gasteiger partial charge on any atom is -0.457 e. The molecule has 6 N–H and O–H groups in total. The molecule has 45 heavy (non-hydrogen) atoms. The van der Waals surface area contributed by atoms with Crippen molar-refractivity contribution in [2.75, 3.05) is 22.9 Å². The number of nitrogens with zero attached hydrogens (tertiary/aromatic N) is 3. The van der Waals surface area contributed by atoms with Gasteiger partial charge in [0.15, 0.2) is 6.10 Å². The number of carbonyl (C=O) groups excluding carboxylic acids is 2. The molecule has 0 bridgehead atoms. The molecule has 2 aromatic heterocycles. The smallest absolute Gasteiger partial charge is 0.457 e. The minimum atomic E-state index is -5.27. The van der Waals surface area contributed by atoms with Crippen LogP contribution >= 0.6 is 0 Å². The van der Waals surface area contributed by atoms with Crippen LogP contribution in [-0.2, 0) is 20.5 Å². The molecule has 236 valence electrons. The molecule has 1 atom stereocenters. The molecule has 0 aliphatic rings. The number of esters is 1. The first-order valence-corrected chi connectivity index (χ1v) is 12.8. The van der Waals surface area contributed by atoms with Crippen molar-refractivity contribution in [2.24, 2.45) is 5.73 Å². The molecule has 0 aliphatic carbocycles. The number of halogens is 6. The van der Waals surface area contributed by atoms with Crippen molar-refractivity contribution in [1.29, 1.82) is 0 Å². The highest BCUT2D eigenvalue weighted by atomic mass is 19.4. The highest BCUT2D eigenvalue weighted by Gasteiger charge is 2.43. The first-order chi connectivity index (χ1) is 21.2. The summed E-state index contributed by atoms with van der Waals surface area (Å²) >= 11 is 0. The summed E-state index contributed by atoms with van der Waals surface area (Å²) in [7, 11) is 0. The largest absolute Gasteiger partial charge is 0.490 e. The summed E-state index contributed by atoms with van der Waals surface area (Å²) in [6, 6.07) is 15.9. The molecule has 0 saturated heterocycles. The molecule has 2 aromatic carbocycles. The van der Waals surface area contributed by atoms with Gasteiger partial charge in [-0.25, -0.2) is 9.78 Å². The van der Waals surface area contributed by atoms with Gasteiger partial charge in [-0.1, -0.05) is 12.1 Å². The summed E-state index contributed by atoms with van der Waals surface area (Å²) in [6.07, 6.45) is -11.0. The summed E-state index contributed by atoms with van der Waals surface area (Å²) in [4.78, 5) is 35.2. The lowest BCUT2D eigenvalue weighted by molar-refractivity contribution is -0.205. The Kier molecular flexibility index (Phi) is 9.71. The average Bonchev–Trinajstić information content (AvgIpc) is 2.97. The summed E-state index contributed by atoms with van der Waals surface area (Å²) in [5, 5.41) is 5.40. The van der Waals surface area contributed by atoms with E-state index in [-0.39, 0.29) is 36.1 Å². The van der Waals surface area contributed by atoms with Gasteiger partial charge in [0.2, 0.25) is 5.95 Å². The summed E-state index contributed by atoms with van der Waals surface area (Å²) in [6.45, 7) is -0.205. The number of pyridine rings is 1. The van der Waals surface area contributed by atoms with E-state index in [1.807, 2.05) is 0 Å². The van der Waals surface area contributed by atoms with E-state index in [4.69, 9.17) is 16.2 Å². The number of amides is 1. The molecule has 17 heteroatoms.